The van der Waals surface area contributed by atoms with Crippen molar-refractivity contribution in [3.63, 3.8) is 0 Å². The van der Waals surface area contributed by atoms with E-state index in [0.29, 0.717) is 11.8 Å². The number of hydrogen-bond acceptors (Lipinski definition) is 1. The van der Waals surface area contributed by atoms with Crippen molar-refractivity contribution in [3.05, 3.63) is 12.2 Å². The zero-order valence-corrected chi connectivity index (χ0v) is 9.74. The van der Waals surface area contributed by atoms with Gasteiger partial charge in [-0.3, -0.25) is 0 Å². The molecule has 3 unspecified atom stereocenters. The van der Waals surface area contributed by atoms with Gasteiger partial charge in [-0.05, 0) is 31.1 Å². The minimum atomic E-state index is 0.0349. The van der Waals surface area contributed by atoms with Crippen molar-refractivity contribution in [2.45, 2.75) is 51.9 Å². The van der Waals surface area contributed by atoms with Crippen LogP contribution >= 0.6 is 0 Å². The van der Waals surface area contributed by atoms with Crippen LogP contribution in [0.15, 0.2) is 12.2 Å². The highest BCUT2D eigenvalue weighted by atomic mass is 16.1. The molecule has 1 fully saturated rings. The van der Waals surface area contributed by atoms with E-state index in [9.17, 15) is 4.79 Å². The average Bonchev–Trinajstić information content (AvgIpc) is 2.85. The quantitative estimate of drug-likeness (QED) is 0.367. The Kier molecular flexibility index (Phi) is 3.28. The first kappa shape index (κ1) is 10.9. The normalized spacial score (nSPS) is 37.4. The van der Waals surface area contributed by atoms with Gasteiger partial charge in [0, 0.05) is 5.41 Å². The lowest BCUT2D eigenvalue weighted by atomic mass is 9.73. The van der Waals surface area contributed by atoms with Crippen LogP contribution in [0, 0.1) is 17.3 Å². The van der Waals surface area contributed by atoms with Gasteiger partial charge in [0.25, 0.3) is 0 Å². The first-order valence-corrected chi connectivity index (χ1v) is 6.45. The average molecular weight is 206 g/mol. The Labute approximate surface area is 92.9 Å². The summed E-state index contributed by atoms with van der Waals surface area (Å²) in [6, 6.07) is 0. The minimum absolute atomic E-state index is 0.0349. The fraction of sp³-hybridized carbons (Fsp3) is 0.786. The molecule has 0 amide bonds. The van der Waals surface area contributed by atoms with Crippen LogP contribution in [0.25, 0.3) is 0 Å². The molecule has 3 atom stereocenters. The number of rotatable bonds is 6. The SMILES string of the molecule is CCCCCCC1(C=O)CC2C=CC1C2. The largest absolute Gasteiger partial charge is 0.303 e. The Bertz CT molecular complexity index is 256. The van der Waals surface area contributed by atoms with Gasteiger partial charge in [0.05, 0.1) is 0 Å². The molecule has 1 nitrogen and oxygen atoms in total. The van der Waals surface area contributed by atoms with Crippen molar-refractivity contribution in [1.82, 2.24) is 0 Å². The van der Waals surface area contributed by atoms with Crippen LogP contribution < -0.4 is 0 Å². The van der Waals surface area contributed by atoms with E-state index in [-0.39, 0.29) is 5.41 Å². The van der Waals surface area contributed by atoms with Gasteiger partial charge >= 0.3 is 0 Å². The van der Waals surface area contributed by atoms with Gasteiger partial charge in [-0.1, -0.05) is 44.8 Å². The molecule has 2 bridgehead atoms. The van der Waals surface area contributed by atoms with Crippen LogP contribution in [0.2, 0.25) is 0 Å². The molecule has 0 aromatic carbocycles. The molecule has 84 valence electrons. The van der Waals surface area contributed by atoms with Gasteiger partial charge in [0.15, 0.2) is 0 Å². The molecule has 0 aromatic heterocycles. The van der Waals surface area contributed by atoms with E-state index in [0.717, 1.165) is 12.8 Å². The molecule has 0 saturated heterocycles. The third-order valence-corrected chi connectivity index (χ3v) is 4.28. The molecule has 0 heterocycles. The first-order chi connectivity index (χ1) is 7.30. The summed E-state index contributed by atoms with van der Waals surface area (Å²) in [6.07, 6.45) is 14.5. The predicted octanol–water partition coefficient (Wildman–Crippen LogP) is 3.74. The lowest BCUT2D eigenvalue weighted by Gasteiger charge is -2.29. The zero-order valence-electron chi connectivity index (χ0n) is 9.74. The monoisotopic (exact) mass is 206 g/mol. The lowest BCUT2D eigenvalue weighted by molar-refractivity contribution is -0.118. The van der Waals surface area contributed by atoms with Gasteiger partial charge < -0.3 is 4.79 Å². The van der Waals surface area contributed by atoms with Crippen LogP contribution in [0.5, 0.6) is 0 Å². The van der Waals surface area contributed by atoms with E-state index in [2.05, 4.69) is 19.1 Å². The smallest absolute Gasteiger partial charge is 0.126 e. The number of carbonyl (C=O) groups excluding carboxylic acids is 1. The third kappa shape index (κ3) is 2.02. The maximum Gasteiger partial charge on any atom is 0.126 e. The summed E-state index contributed by atoms with van der Waals surface area (Å²) in [7, 11) is 0. The second kappa shape index (κ2) is 4.51. The number of allylic oxidation sites excluding steroid dienone is 2. The molecule has 1 saturated carbocycles. The lowest BCUT2D eigenvalue weighted by Crippen LogP contribution is -2.27. The van der Waals surface area contributed by atoms with E-state index in [1.54, 1.807) is 0 Å². The number of hydrogen-bond donors (Lipinski definition) is 0. The van der Waals surface area contributed by atoms with E-state index >= 15 is 0 Å². The molecule has 15 heavy (non-hydrogen) atoms. The Balaban J connectivity index is 1.87. The van der Waals surface area contributed by atoms with Crippen molar-refractivity contribution in [2.24, 2.45) is 17.3 Å². The minimum Gasteiger partial charge on any atom is -0.303 e. The van der Waals surface area contributed by atoms with Crippen LogP contribution in [-0.4, -0.2) is 6.29 Å². The first-order valence-electron chi connectivity index (χ1n) is 6.45. The summed E-state index contributed by atoms with van der Waals surface area (Å²) in [5, 5.41) is 0. The molecule has 2 rings (SSSR count). The zero-order chi connectivity index (χ0) is 10.7. The number of unbranched alkanes of at least 4 members (excludes halogenated alkanes) is 3. The summed E-state index contributed by atoms with van der Waals surface area (Å²) in [5.41, 5.74) is 0.0349. The standard InChI is InChI=1S/C14H22O/c1-2-3-4-5-8-14(11-15)10-12-6-7-13(14)9-12/h6-7,11-13H,2-5,8-10H2,1H3. The van der Waals surface area contributed by atoms with Gasteiger partial charge in [-0.25, -0.2) is 0 Å². The third-order valence-electron chi connectivity index (χ3n) is 4.28. The van der Waals surface area contributed by atoms with E-state index < -0.39 is 0 Å². The Hall–Kier alpha value is -0.590. The van der Waals surface area contributed by atoms with Crippen molar-refractivity contribution >= 4 is 6.29 Å². The molecule has 0 aromatic rings. The number of carbonyl (C=O) groups is 1. The highest BCUT2D eigenvalue weighted by Crippen LogP contribution is 2.53. The highest BCUT2D eigenvalue weighted by Gasteiger charge is 2.47. The summed E-state index contributed by atoms with van der Waals surface area (Å²) >= 11 is 0. The molecule has 2 aliphatic rings. The number of fused-ring (bicyclic) bond motifs is 2. The Morgan fingerprint density at radius 3 is 2.73 bits per heavy atom. The highest BCUT2D eigenvalue weighted by molar-refractivity contribution is 5.62. The molecule has 0 spiro atoms. The van der Waals surface area contributed by atoms with Crippen molar-refractivity contribution in [3.8, 4) is 0 Å². The predicted molar refractivity (Wildman–Crippen MR) is 62.6 cm³/mol. The summed E-state index contributed by atoms with van der Waals surface area (Å²) in [6.45, 7) is 2.23. The summed E-state index contributed by atoms with van der Waals surface area (Å²) in [5.74, 6) is 1.29. The van der Waals surface area contributed by atoms with Crippen LogP contribution in [0.4, 0.5) is 0 Å². The van der Waals surface area contributed by atoms with Gasteiger partial charge in [-0.2, -0.15) is 0 Å². The molecule has 0 aliphatic heterocycles. The van der Waals surface area contributed by atoms with Gasteiger partial charge in [-0.15, -0.1) is 0 Å². The summed E-state index contributed by atoms with van der Waals surface area (Å²) in [4.78, 5) is 11.3. The van der Waals surface area contributed by atoms with Crippen molar-refractivity contribution in [2.75, 3.05) is 0 Å². The van der Waals surface area contributed by atoms with Gasteiger partial charge in [0.1, 0.15) is 6.29 Å². The van der Waals surface area contributed by atoms with Crippen LogP contribution in [0.3, 0.4) is 0 Å². The molecular formula is C14H22O. The van der Waals surface area contributed by atoms with Gasteiger partial charge in [0.2, 0.25) is 0 Å². The van der Waals surface area contributed by atoms with E-state index in [4.69, 9.17) is 0 Å². The fourth-order valence-electron chi connectivity index (χ4n) is 3.35. The van der Waals surface area contributed by atoms with Crippen LogP contribution in [0.1, 0.15) is 51.9 Å². The van der Waals surface area contributed by atoms with Crippen molar-refractivity contribution < 1.29 is 4.79 Å². The second-order valence-corrected chi connectivity index (χ2v) is 5.35. The topological polar surface area (TPSA) is 17.1 Å². The molecule has 2 aliphatic carbocycles. The number of aldehydes is 1. The van der Waals surface area contributed by atoms with E-state index in [1.807, 2.05) is 0 Å². The molecule has 0 N–H and O–H groups in total. The summed E-state index contributed by atoms with van der Waals surface area (Å²) < 4.78 is 0. The van der Waals surface area contributed by atoms with Crippen molar-refractivity contribution in [1.29, 1.82) is 0 Å². The van der Waals surface area contributed by atoms with Crippen LogP contribution in [-0.2, 0) is 4.79 Å². The maximum absolute atomic E-state index is 11.3. The Morgan fingerprint density at radius 2 is 2.20 bits per heavy atom. The second-order valence-electron chi connectivity index (χ2n) is 5.35. The Morgan fingerprint density at radius 1 is 1.33 bits per heavy atom. The molecule has 0 radical (unpaired) electrons. The molecule has 1 heteroatoms. The fourth-order valence-corrected chi connectivity index (χ4v) is 3.35. The molecular weight excluding hydrogens is 184 g/mol. The maximum atomic E-state index is 11.3. The van der Waals surface area contributed by atoms with E-state index in [1.165, 1.54) is 38.4 Å².